The highest BCUT2D eigenvalue weighted by Crippen LogP contribution is 2.29. The monoisotopic (exact) mass is 354 g/mol. The van der Waals surface area contributed by atoms with E-state index >= 15 is 0 Å². The molecule has 1 fully saturated rings. The molecule has 3 aromatic rings. The lowest BCUT2D eigenvalue weighted by Crippen LogP contribution is -2.46. The maximum Gasteiger partial charge on any atom is 0.186 e. The average molecular weight is 354 g/mol. The van der Waals surface area contributed by atoms with E-state index in [1.807, 2.05) is 18.5 Å². The van der Waals surface area contributed by atoms with Crippen LogP contribution in [0.15, 0.2) is 30.9 Å². The van der Waals surface area contributed by atoms with Crippen molar-refractivity contribution in [3.8, 4) is 0 Å². The number of rotatable bonds is 2. The summed E-state index contributed by atoms with van der Waals surface area (Å²) in [4.78, 5) is 22.5. The SMILES string of the molecule is CC(C)(C)c1cc(N2CCN(c3nc4cnccc4s3)CC2)ncn1. The van der Waals surface area contributed by atoms with Crippen molar-refractivity contribution in [1.82, 2.24) is 19.9 Å². The van der Waals surface area contributed by atoms with Gasteiger partial charge in [0, 0.05) is 43.9 Å². The van der Waals surface area contributed by atoms with Crippen LogP contribution < -0.4 is 9.80 Å². The maximum atomic E-state index is 4.72. The largest absolute Gasteiger partial charge is 0.353 e. The fraction of sp³-hybridized carbons (Fsp3) is 0.444. The number of pyridine rings is 1. The second-order valence-electron chi connectivity index (χ2n) is 7.33. The van der Waals surface area contributed by atoms with Crippen LogP contribution in [0.2, 0.25) is 0 Å². The van der Waals surface area contributed by atoms with E-state index in [2.05, 4.69) is 51.6 Å². The van der Waals surface area contributed by atoms with E-state index in [9.17, 15) is 0 Å². The first-order valence-electron chi connectivity index (χ1n) is 8.54. The Balaban J connectivity index is 1.48. The molecule has 0 N–H and O–H groups in total. The van der Waals surface area contributed by atoms with Crippen LogP contribution in [0.5, 0.6) is 0 Å². The summed E-state index contributed by atoms with van der Waals surface area (Å²) in [6.45, 7) is 10.3. The van der Waals surface area contributed by atoms with Crippen LogP contribution in [0.25, 0.3) is 10.2 Å². The lowest BCUT2D eigenvalue weighted by atomic mass is 9.92. The molecule has 0 amide bonds. The first kappa shape index (κ1) is 16.2. The number of fused-ring (bicyclic) bond motifs is 1. The molecule has 0 aromatic carbocycles. The molecule has 0 radical (unpaired) electrons. The van der Waals surface area contributed by atoms with Crippen molar-refractivity contribution in [3.05, 3.63) is 36.5 Å². The van der Waals surface area contributed by atoms with Crippen LogP contribution >= 0.6 is 11.3 Å². The summed E-state index contributed by atoms with van der Waals surface area (Å²) in [5.74, 6) is 1.02. The van der Waals surface area contributed by atoms with E-state index in [0.717, 1.165) is 48.3 Å². The maximum absolute atomic E-state index is 4.72. The zero-order chi connectivity index (χ0) is 17.4. The van der Waals surface area contributed by atoms with Crippen molar-refractivity contribution in [3.63, 3.8) is 0 Å². The predicted molar refractivity (Wildman–Crippen MR) is 103 cm³/mol. The van der Waals surface area contributed by atoms with Gasteiger partial charge in [-0.3, -0.25) is 4.98 Å². The minimum Gasteiger partial charge on any atom is -0.353 e. The van der Waals surface area contributed by atoms with Gasteiger partial charge in [0.1, 0.15) is 17.7 Å². The molecule has 1 aliphatic rings. The molecule has 3 aromatic heterocycles. The molecule has 25 heavy (non-hydrogen) atoms. The van der Waals surface area contributed by atoms with Crippen molar-refractivity contribution in [1.29, 1.82) is 0 Å². The molecule has 0 bridgehead atoms. The molecule has 6 nitrogen and oxygen atoms in total. The van der Waals surface area contributed by atoms with Gasteiger partial charge in [0.25, 0.3) is 0 Å². The molecule has 0 saturated carbocycles. The van der Waals surface area contributed by atoms with Crippen LogP contribution in [0.3, 0.4) is 0 Å². The molecule has 7 heteroatoms. The van der Waals surface area contributed by atoms with Crippen molar-refractivity contribution < 1.29 is 0 Å². The Kier molecular flexibility index (Phi) is 4.03. The Morgan fingerprint density at radius 2 is 1.80 bits per heavy atom. The lowest BCUT2D eigenvalue weighted by Gasteiger charge is -2.35. The van der Waals surface area contributed by atoms with Gasteiger partial charge in [-0.05, 0) is 6.07 Å². The fourth-order valence-corrected chi connectivity index (χ4v) is 3.94. The van der Waals surface area contributed by atoms with Gasteiger partial charge in [-0.25, -0.2) is 15.0 Å². The topological polar surface area (TPSA) is 58.0 Å². The Labute approximate surface area is 151 Å². The smallest absolute Gasteiger partial charge is 0.186 e. The van der Waals surface area contributed by atoms with E-state index < -0.39 is 0 Å². The van der Waals surface area contributed by atoms with E-state index in [1.54, 1.807) is 17.7 Å². The summed E-state index contributed by atoms with van der Waals surface area (Å²) < 4.78 is 1.19. The normalized spacial score (nSPS) is 15.8. The van der Waals surface area contributed by atoms with Gasteiger partial charge < -0.3 is 9.80 Å². The number of aromatic nitrogens is 4. The summed E-state index contributed by atoms with van der Waals surface area (Å²) in [6, 6.07) is 4.15. The highest BCUT2D eigenvalue weighted by atomic mass is 32.1. The molecule has 0 unspecified atom stereocenters. The quantitative estimate of drug-likeness (QED) is 0.705. The molecular weight excluding hydrogens is 332 g/mol. The average Bonchev–Trinajstić information content (AvgIpc) is 3.05. The number of thiazole rings is 1. The van der Waals surface area contributed by atoms with E-state index in [1.165, 1.54) is 4.70 Å². The zero-order valence-corrected chi connectivity index (χ0v) is 15.6. The van der Waals surface area contributed by atoms with Gasteiger partial charge in [-0.2, -0.15) is 0 Å². The fourth-order valence-electron chi connectivity index (χ4n) is 2.96. The molecule has 0 atom stereocenters. The Hall–Kier alpha value is -2.28. The van der Waals surface area contributed by atoms with Crippen molar-refractivity contribution >= 4 is 32.5 Å². The summed E-state index contributed by atoms with van der Waals surface area (Å²) in [5, 5.41) is 1.08. The molecule has 4 heterocycles. The van der Waals surface area contributed by atoms with Gasteiger partial charge in [-0.1, -0.05) is 32.1 Å². The second kappa shape index (κ2) is 6.22. The van der Waals surface area contributed by atoms with Crippen LogP contribution in [-0.4, -0.2) is 46.1 Å². The highest BCUT2D eigenvalue weighted by molar-refractivity contribution is 7.22. The van der Waals surface area contributed by atoms with Gasteiger partial charge in [0.2, 0.25) is 0 Å². The Bertz CT molecular complexity index is 843. The van der Waals surface area contributed by atoms with Gasteiger partial charge in [-0.15, -0.1) is 0 Å². The van der Waals surface area contributed by atoms with Gasteiger partial charge in [0.05, 0.1) is 16.6 Å². The Morgan fingerprint density at radius 3 is 2.52 bits per heavy atom. The lowest BCUT2D eigenvalue weighted by molar-refractivity contribution is 0.564. The summed E-state index contributed by atoms with van der Waals surface area (Å²) >= 11 is 1.74. The van der Waals surface area contributed by atoms with Crippen LogP contribution in [0.1, 0.15) is 26.5 Å². The molecule has 1 saturated heterocycles. The molecule has 1 aliphatic heterocycles. The third-order valence-corrected chi connectivity index (χ3v) is 5.57. The minimum absolute atomic E-state index is 0.0363. The standard InChI is InChI=1S/C18H22N6S/c1-18(2,3)15-10-16(21-12-20-15)23-6-8-24(9-7-23)17-22-13-11-19-5-4-14(13)25-17/h4-5,10-12H,6-9H2,1-3H3. The van der Waals surface area contributed by atoms with Gasteiger partial charge >= 0.3 is 0 Å². The molecule has 0 spiro atoms. The number of anilines is 2. The Morgan fingerprint density at radius 1 is 1.04 bits per heavy atom. The minimum atomic E-state index is 0.0363. The molecule has 130 valence electrons. The van der Waals surface area contributed by atoms with Gasteiger partial charge in [0.15, 0.2) is 5.13 Å². The highest BCUT2D eigenvalue weighted by Gasteiger charge is 2.22. The van der Waals surface area contributed by atoms with Crippen LogP contribution in [-0.2, 0) is 5.41 Å². The van der Waals surface area contributed by atoms with E-state index in [4.69, 9.17) is 4.98 Å². The number of hydrogen-bond acceptors (Lipinski definition) is 7. The second-order valence-corrected chi connectivity index (χ2v) is 8.33. The van der Waals surface area contributed by atoms with E-state index in [0.29, 0.717) is 0 Å². The van der Waals surface area contributed by atoms with E-state index in [-0.39, 0.29) is 5.41 Å². The number of piperazine rings is 1. The first-order chi connectivity index (χ1) is 12.0. The summed E-state index contributed by atoms with van der Waals surface area (Å²) in [6.07, 6.45) is 5.34. The summed E-state index contributed by atoms with van der Waals surface area (Å²) in [7, 11) is 0. The zero-order valence-electron chi connectivity index (χ0n) is 14.8. The molecule has 4 rings (SSSR count). The van der Waals surface area contributed by atoms with Crippen LogP contribution in [0.4, 0.5) is 10.9 Å². The predicted octanol–water partition coefficient (Wildman–Crippen LogP) is 3.11. The summed E-state index contributed by atoms with van der Waals surface area (Å²) in [5.41, 5.74) is 2.10. The third-order valence-electron chi connectivity index (χ3n) is 4.47. The van der Waals surface area contributed by atoms with Crippen molar-refractivity contribution in [2.24, 2.45) is 0 Å². The van der Waals surface area contributed by atoms with Crippen molar-refractivity contribution in [2.75, 3.05) is 36.0 Å². The molecular formula is C18H22N6S. The first-order valence-corrected chi connectivity index (χ1v) is 9.35. The number of hydrogen-bond donors (Lipinski definition) is 0. The molecule has 0 aliphatic carbocycles. The third kappa shape index (κ3) is 3.28. The number of nitrogens with zero attached hydrogens (tertiary/aromatic N) is 6. The van der Waals surface area contributed by atoms with Crippen molar-refractivity contribution in [2.45, 2.75) is 26.2 Å². The van der Waals surface area contributed by atoms with Crippen LogP contribution in [0, 0.1) is 0 Å².